The van der Waals surface area contributed by atoms with E-state index >= 15 is 0 Å². The van der Waals surface area contributed by atoms with Crippen LogP contribution in [0.25, 0.3) is 110 Å². The molecule has 2 heteroatoms. The van der Waals surface area contributed by atoms with E-state index < -0.39 is 0 Å². The molecule has 0 N–H and O–H groups in total. The molecule has 11 rings (SSSR count). The summed E-state index contributed by atoms with van der Waals surface area (Å²) in [6.07, 6.45) is 0. The highest BCUT2D eigenvalue weighted by atomic mass is 14.9. The maximum Gasteiger partial charge on any atom is 0.160 e. The minimum Gasteiger partial charge on any atom is -0.228 e. The molecular weight excluding hydrogens is 677 g/mol. The van der Waals surface area contributed by atoms with Crippen molar-refractivity contribution in [2.24, 2.45) is 0 Å². The molecule has 260 valence electrons. The van der Waals surface area contributed by atoms with Crippen molar-refractivity contribution in [3.63, 3.8) is 0 Å². The van der Waals surface area contributed by atoms with E-state index in [4.69, 9.17) is 9.97 Å². The van der Waals surface area contributed by atoms with Crippen molar-refractivity contribution in [3.8, 4) is 56.0 Å². The first-order valence-corrected chi connectivity index (χ1v) is 19.1. The van der Waals surface area contributed by atoms with Gasteiger partial charge in [0.25, 0.3) is 0 Å². The van der Waals surface area contributed by atoms with Crippen LogP contribution >= 0.6 is 0 Å². The van der Waals surface area contributed by atoms with Gasteiger partial charge in [-0.3, -0.25) is 0 Å². The van der Waals surface area contributed by atoms with Crippen molar-refractivity contribution in [3.05, 3.63) is 206 Å². The zero-order chi connectivity index (χ0) is 37.0. The van der Waals surface area contributed by atoms with E-state index in [9.17, 15) is 0 Å². The maximum atomic E-state index is 5.43. The standard InChI is InChI=1S/C54H34N2/c1-3-15-35(16-4-1)37-27-28-49-52(34-37)55-54(56-53(49)36-17-5-2-6-18-36)42-30-40(50-32-38-19-7-9-21-43(38)45-23-11-13-25-47(45)50)29-41(31-42)51-33-39-20-8-10-22-44(39)46-24-12-14-26-48(46)51/h1-34H. The number of rotatable bonds is 5. The molecule has 10 aromatic carbocycles. The fourth-order valence-electron chi connectivity index (χ4n) is 8.54. The average Bonchev–Trinajstić information content (AvgIpc) is 3.28. The summed E-state index contributed by atoms with van der Waals surface area (Å²) >= 11 is 0. The molecule has 2 nitrogen and oxygen atoms in total. The Balaban J connectivity index is 1.23. The summed E-state index contributed by atoms with van der Waals surface area (Å²) in [5.74, 6) is 0.694. The molecular formula is C54H34N2. The van der Waals surface area contributed by atoms with E-state index in [2.05, 4.69) is 206 Å². The lowest BCUT2D eigenvalue weighted by atomic mass is 9.88. The summed E-state index contributed by atoms with van der Waals surface area (Å²) < 4.78 is 0. The van der Waals surface area contributed by atoms with Crippen molar-refractivity contribution in [2.45, 2.75) is 0 Å². The van der Waals surface area contributed by atoms with Gasteiger partial charge < -0.3 is 0 Å². The second-order valence-electron chi connectivity index (χ2n) is 14.5. The fourth-order valence-corrected chi connectivity index (χ4v) is 8.54. The summed E-state index contributed by atoms with van der Waals surface area (Å²) in [6.45, 7) is 0. The zero-order valence-corrected chi connectivity index (χ0v) is 30.5. The lowest BCUT2D eigenvalue weighted by molar-refractivity contribution is 1.23. The van der Waals surface area contributed by atoms with Crippen molar-refractivity contribution < 1.29 is 0 Å². The fraction of sp³-hybridized carbons (Fsp3) is 0. The van der Waals surface area contributed by atoms with E-state index in [1.165, 1.54) is 54.2 Å². The topological polar surface area (TPSA) is 25.8 Å². The molecule has 0 aliphatic heterocycles. The number of benzene rings is 10. The predicted octanol–water partition coefficient (Wildman–Crippen LogP) is 14.6. The van der Waals surface area contributed by atoms with Gasteiger partial charge in [0.2, 0.25) is 0 Å². The Morgan fingerprint density at radius 1 is 0.250 bits per heavy atom. The zero-order valence-electron chi connectivity index (χ0n) is 30.5. The van der Waals surface area contributed by atoms with E-state index in [1.807, 2.05) is 0 Å². The van der Waals surface area contributed by atoms with Crippen molar-refractivity contribution >= 4 is 54.0 Å². The third-order valence-corrected chi connectivity index (χ3v) is 11.2. The number of fused-ring (bicyclic) bond motifs is 7. The van der Waals surface area contributed by atoms with Crippen molar-refractivity contribution in [1.29, 1.82) is 0 Å². The molecule has 0 saturated carbocycles. The Morgan fingerprint density at radius 3 is 1.29 bits per heavy atom. The van der Waals surface area contributed by atoms with Gasteiger partial charge in [0.15, 0.2) is 5.82 Å². The van der Waals surface area contributed by atoms with Crippen LogP contribution in [0.4, 0.5) is 0 Å². The van der Waals surface area contributed by atoms with Gasteiger partial charge in [-0.25, -0.2) is 9.97 Å². The van der Waals surface area contributed by atoms with Gasteiger partial charge >= 0.3 is 0 Å². The van der Waals surface area contributed by atoms with Crippen LogP contribution in [0.2, 0.25) is 0 Å². The monoisotopic (exact) mass is 710 g/mol. The smallest absolute Gasteiger partial charge is 0.160 e. The first-order valence-electron chi connectivity index (χ1n) is 19.1. The van der Waals surface area contributed by atoms with Gasteiger partial charge in [0, 0.05) is 16.5 Å². The minimum atomic E-state index is 0.694. The quantitative estimate of drug-likeness (QED) is 0.166. The van der Waals surface area contributed by atoms with Crippen LogP contribution in [0.3, 0.4) is 0 Å². The van der Waals surface area contributed by atoms with E-state index in [-0.39, 0.29) is 0 Å². The Labute approximate surface area is 325 Å². The predicted molar refractivity (Wildman–Crippen MR) is 237 cm³/mol. The molecule has 0 fully saturated rings. The number of hydrogen-bond donors (Lipinski definition) is 0. The van der Waals surface area contributed by atoms with Gasteiger partial charge in [-0.05, 0) is 119 Å². The number of nitrogens with zero attached hydrogens (tertiary/aromatic N) is 2. The van der Waals surface area contributed by atoms with Gasteiger partial charge in [-0.1, -0.05) is 164 Å². The van der Waals surface area contributed by atoms with Crippen LogP contribution in [0.5, 0.6) is 0 Å². The second kappa shape index (κ2) is 13.2. The van der Waals surface area contributed by atoms with E-state index in [0.717, 1.165) is 50.0 Å². The van der Waals surface area contributed by atoms with Crippen LogP contribution in [-0.2, 0) is 0 Å². The maximum absolute atomic E-state index is 5.43. The largest absolute Gasteiger partial charge is 0.228 e. The molecule has 0 saturated heterocycles. The van der Waals surface area contributed by atoms with E-state index in [0.29, 0.717) is 5.82 Å². The van der Waals surface area contributed by atoms with Crippen molar-refractivity contribution in [2.75, 3.05) is 0 Å². The molecule has 0 unspecified atom stereocenters. The second-order valence-corrected chi connectivity index (χ2v) is 14.5. The molecule has 0 spiro atoms. The summed E-state index contributed by atoms with van der Waals surface area (Å²) in [6, 6.07) is 74.2. The Kier molecular flexibility index (Phi) is 7.53. The SMILES string of the molecule is c1ccc(-c2ccc3c(-c4ccccc4)nc(-c4cc(-c5cc6ccccc6c6ccccc56)cc(-c5cc6ccccc6c6ccccc56)c4)nc3c2)cc1. The van der Waals surface area contributed by atoms with Gasteiger partial charge in [-0.2, -0.15) is 0 Å². The summed E-state index contributed by atoms with van der Waals surface area (Å²) in [5, 5.41) is 10.9. The Hall–Kier alpha value is -7.42. The first kappa shape index (κ1) is 32.0. The lowest BCUT2D eigenvalue weighted by Crippen LogP contribution is -1.97. The summed E-state index contributed by atoms with van der Waals surface area (Å²) in [5.41, 5.74) is 10.8. The first-order chi connectivity index (χ1) is 27.7. The molecule has 0 aliphatic carbocycles. The van der Waals surface area contributed by atoms with Crippen LogP contribution in [0.15, 0.2) is 206 Å². The molecule has 56 heavy (non-hydrogen) atoms. The van der Waals surface area contributed by atoms with Crippen LogP contribution < -0.4 is 0 Å². The number of aromatic nitrogens is 2. The van der Waals surface area contributed by atoms with Crippen LogP contribution in [-0.4, -0.2) is 9.97 Å². The van der Waals surface area contributed by atoms with Gasteiger partial charge in [-0.15, -0.1) is 0 Å². The van der Waals surface area contributed by atoms with Crippen LogP contribution in [0, 0.1) is 0 Å². The Morgan fingerprint density at radius 2 is 0.714 bits per heavy atom. The molecule has 0 bridgehead atoms. The van der Waals surface area contributed by atoms with E-state index in [1.54, 1.807) is 0 Å². The number of hydrogen-bond acceptors (Lipinski definition) is 2. The highest BCUT2D eigenvalue weighted by Gasteiger charge is 2.18. The van der Waals surface area contributed by atoms with Crippen molar-refractivity contribution in [1.82, 2.24) is 9.97 Å². The third-order valence-electron chi connectivity index (χ3n) is 11.2. The molecule has 11 aromatic rings. The Bertz CT molecular complexity index is 3160. The minimum absolute atomic E-state index is 0.694. The summed E-state index contributed by atoms with van der Waals surface area (Å²) in [7, 11) is 0. The normalized spacial score (nSPS) is 11.6. The molecule has 0 radical (unpaired) electrons. The molecule has 0 aliphatic rings. The molecule has 0 atom stereocenters. The average molecular weight is 711 g/mol. The third kappa shape index (κ3) is 5.42. The highest BCUT2D eigenvalue weighted by molar-refractivity contribution is 6.16. The van der Waals surface area contributed by atoms with Gasteiger partial charge in [0.1, 0.15) is 0 Å². The van der Waals surface area contributed by atoms with Gasteiger partial charge in [0.05, 0.1) is 11.2 Å². The lowest BCUT2D eigenvalue weighted by Gasteiger charge is -2.17. The molecule has 1 heterocycles. The molecule has 1 aromatic heterocycles. The summed E-state index contributed by atoms with van der Waals surface area (Å²) in [4.78, 5) is 10.8. The van der Waals surface area contributed by atoms with Crippen LogP contribution in [0.1, 0.15) is 0 Å². The highest BCUT2D eigenvalue weighted by Crippen LogP contribution is 2.42. The molecule has 0 amide bonds.